The SMILES string of the molecule is C=CC(=O)NCCCOCCOCCCNC(=O)C=C.CC.[HH].[HH]. The summed E-state index contributed by atoms with van der Waals surface area (Å²) in [4.78, 5) is 21.6. The molecule has 0 bridgehead atoms. The zero-order chi connectivity index (χ0) is 17.1. The lowest BCUT2D eigenvalue weighted by molar-refractivity contribution is -0.117. The van der Waals surface area contributed by atoms with Crippen LogP contribution in [0.25, 0.3) is 0 Å². The van der Waals surface area contributed by atoms with Crippen LogP contribution in [0.4, 0.5) is 0 Å². The first-order chi connectivity index (χ1) is 10.7. The molecule has 6 nitrogen and oxygen atoms in total. The monoisotopic (exact) mass is 318 g/mol. The first-order valence-corrected chi connectivity index (χ1v) is 7.66. The van der Waals surface area contributed by atoms with Crippen LogP contribution in [0.2, 0.25) is 0 Å². The summed E-state index contributed by atoms with van der Waals surface area (Å²) in [6, 6.07) is 0. The van der Waals surface area contributed by atoms with Crippen LogP contribution >= 0.6 is 0 Å². The second kappa shape index (κ2) is 19.3. The summed E-state index contributed by atoms with van der Waals surface area (Å²) in [6.07, 6.45) is 4.00. The quantitative estimate of drug-likeness (QED) is 0.402. The summed E-state index contributed by atoms with van der Waals surface area (Å²) in [5, 5.41) is 5.32. The van der Waals surface area contributed by atoms with Crippen molar-refractivity contribution in [2.45, 2.75) is 26.7 Å². The summed E-state index contributed by atoms with van der Waals surface area (Å²) in [5.41, 5.74) is 0. The molecule has 0 rings (SSSR count). The molecule has 0 aliphatic heterocycles. The molecule has 0 atom stereocenters. The van der Waals surface area contributed by atoms with Crippen molar-refractivity contribution in [1.82, 2.24) is 10.6 Å². The molecule has 2 N–H and O–H groups in total. The fourth-order valence-corrected chi connectivity index (χ4v) is 1.24. The third-order valence-corrected chi connectivity index (χ3v) is 2.27. The second-order valence-corrected chi connectivity index (χ2v) is 3.92. The van der Waals surface area contributed by atoms with Crippen LogP contribution in [-0.4, -0.2) is 51.3 Å². The molecule has 0 aromatic rings. The van der Waals surface area contributed by atoms with Crippen LogP contribution in [0.1, 0.15) is 29.5 Å². The van der Waals surface area contributed by atoms with Crippen molar-refractivity contribution in [3.63, 3.8) is 0 Å². The minimum atomic E-state index is -0.170. The highest BCUT2D eigenvalue weighted by Crippen LogP contribution is 1.85. The Bertz CT molecular complexity index is 286. The number of nitrogens with one attached hydrogen (secondary N) is 2. The summed E-state index contributed by atoms with van der Waals surface area (Å²) >= 11 is 0. The Labute approximate surface area is 136 Å². The van der Waals surface area contributed by atoms with Gasteiger partial charge in [0.2, 0.25) is 11.8 Å². The van der Waals surface area contributed by atoms with Crippen molar-refractivity contribution >= 4 is 11.8 Å². The molecule has 6 heteroatoms. The van der Waals surface area contributed by atoms with Gasteiger partial charge in [0, 0.05) is 29.2 Å². The van der Waals surface area contributed by atoms with Gasteiger partial charge in [-0.05, 0) is 25.0 Å². The van der Waals surface area contributed by atoms with Gasteiger partial charge in [-0.3, -0.25) is 9.59 Å². The zero-order valence-electron chi connectivity index (χ0n) is 13.9. The van der Waals surface area contributed by atoms with Gasteiger partial charge in [0.15, 0.2) is 0 Å². The van der Waals surface area contributed by atoms with E-state index in [-0.39, 0.29) is 14.7 Å². The van der Waals surface area contributed by atoms with Gasteiger partial charge in [0.05, 0.1) is 13.2 Å². The van der Waals surface area contributed by atoms with Crippen molar-refractivity contribution in [2.24, 2.45) is 0 Å². The number of amides is 2. The minimum Gasteiger partial charge on any atom is -0.379 e. The standard InChI is InChI=1S/C14H24N2O4.C2H6.2H2/c1-3-13(17)15-7-5-9-19-11-12-20-10-6-8-16-14(18)4-2;1-2;;/h3-4H,1-2,5-12H2,(H,15,17)(H,16,18);1-2H3;2*1H. The van der Waals surface area contributed by atoms with Crippen LogP contribution in [0.5, 0.6) is 0 Å². The van der Waals surface area contributed by atoms with Gasteiger partial charge in [-0.1, -0.05) is 27.0 Å². The molecule has 0 spiro atoms. The van der Waals surface area contributed by atoms with Crippen LogP contribution in [0.3, 0.4) is 0 Å². The van der Waals surface area contributed by atoms with E-state index in [0.29, 0.717) is 39.5 Å². The van der Waals surface area contributed by atoms with Crippen LogP contribution in [-0.2, 0) is 19.1 Å². The maximum atomic E-state index is 10.8. The highest BCUT2D eigenvalue weighted by Gasteiger charge is 1.95. The van der Waals surface area contributed by atoms with E-state index in [1.807, 2.05) is 13.8 Å². The van der Waals surface area contributed by atoms with Gasteiger partial charge in [0.1, 0.15) is 0 Å². The van der Waals surface area contributed by atoms with Crippen molar-refractivity contribution in [1.29, 1.82) is 0 Å². The van der Waals surface area contributed by atoms with Gasteiger partial charge >= 0.3 is 0 Å². The molecular weight excluding hydrogens is 284 g/mol. The summed E-state index contributed by atoms with van der Waals surface area (Å²) < 4.78 is 10.7. The molecule has 0 saturated carbocycles. The first-order valence-electron chi connectivity index (χ1n) is 7.66. The lowest BCUT2D eigenvalue weighted by Gasteiger charge is -2.06. The van der Waals surface area contributed by atoms with E-state index >= 15 is 0 Å². The van der Waals surface area contributed by atoms with Gasteiger partial charge in [-0.25, -0.2) is 0 Å². The minimum absolute atomic E-state index is 0. The van der Waals surface area contributed by atoms with E-state index in [9.17, 15) is 9.59 Å². The maximum Gasteiger partial charge on any atom is 0.243 e. The molecule has 0 unspecified atom stereocenters. The van der Waals surface area contributed by atoms with Gasteiger partial charge in [0.25, 0.3) is 0 Å². The van der Waals surface area contributed by atoms with Gasteiger partial charge < -0.3 is 20.1 Å². The largest absolute Gasteiger partial charge is 0.379 e. The lowest BCUT2D eigenvalue weighted by atomic mass is 10.4. The maximum absolute atomic E-state index is 10.8. The van der Waals surface area contributed by atoms with Crippen molar-refractivity contribution in [2.75, 3.05) is 39.5 Å². The first kappa shape index (κ1) is 22.6. The Kier molecular flexibility index (Phi) is 19.9. The number of hydrogen-bond donors (Lipinski definition) is 2. The molecule has 0 aromatic carbocycles. The van der Waals surface area contributed by atoms with Crippen LogP contribution in [0.15, 0.2) is 25.3 Å². The fraction of sp³-hybridized carbons (Fsp3) is 0.625. The van der Waals surface area contributed by atoms with E-state index in [1.165, 1.54) is 12.2 Å². The summed E-state index contributed by atoms with van der Waals surface area (Å²) in [5.74, 6) is -0.339. The van der Waals surface area contributed by atoms with Crippen molar-refractivity contribution in [3.8, 4) is 0 Å². The summed E-state index contributed by atoms with van der Waals surface area (Å²) in [6.45, 7) is 14.1. The van der Waals surface area contributed by atoms with E-state index in [4.69, 9.17) is 9.47 Å². The van der Waals surface area contributed by atoms with E-state index < -0.39 is 0 Å². The van der Waals surface area contributed by atoms with E-state index in [0.717, 1.165) is 12.8 Å². The molecule has 2 amide bonds. The van der Waals surface area contributed by atoms with Crippen LogP contribution < -0.4 is 10.6 Å². The smallest absolute Gasteiger partial charge is 0.243 e. The third-order valence-electron chi connectivity index (χ3n) is 2.27. The predicted octanol–water partition coefficient (Wildman–Crippen LogP) is 1.92. The Balaban J connectivity index is -0.000000480. The fourth-order valence-electron chi connectivity index (χ4n) is 1.24. The van der Waals surface area contributed by atoms with Crippen molar-refractivity contribution < 1.29 is 21.9 Å². The molecule has 0 fully saturated rings. The highest BCUT2D eigenvalue weighted by atomic mass is 16.5. The lowest BCUT2D eigenvalue weighted by Crippen LogP contribution is -2.23. The molecule has 0 aliphatic carbocycles. The second-order valence-electron chi connectivity index (χ2n) is 3.92. The number of hydrogen-bond acceptors (Lipinski definition) is 4. The molecular formula is C16H34N2O4. The van der Waals surface area contributed by atoms with Gasteiger partial charge in [-0.2, -0.15) is 0 Å². The molecule has 0 aliphatic rings. The average Bonchev–Trinajstić information content (AvgIpc) is 2.56. The Morgan fingerprint density at radius 1 is 0.864 bits per heavy atom. The molecule has 0 saturated heterocycles. The van der Waals surface area contributed by atoms with Gasteiger partial charge in [-0.15, -0.1) is 0 Å². The molecule has 0 heterocycles. The van der Waals surface area contributed by atoms with Crippen LogP contribution in [0, 0.1) is 0 Å². The molecule has 0 aromatic heterocycles. The molecule has 0 radical (unpaired) electrons. The topological polar surface area (TPSA) is 76.7 Å². The highest BCUT2D eigenvalue weighted by molar-refractivity contribution is 5.87. The Morgan fingerprint density at radius 2 is 1.23 bits per heavy atom. The number of ether oxygens (including phenoxy) is 2. The molecule has 22 heavy (non-hydrogen) atoms. The normalized spacial score (nSPS) is 9.18. The predicted molar refractivity (Wildman–Crippen MR) is 92.9 cm³/mol. The number of rotatable bonds is 13. The van der Waals surface area contributed by atoms with E-state index in [2.05, 4.69) is 23.8 Å². The van der Waals surface area contributed by atoms with Crippen molar-refractivity contribution in [3.05, 3.63) is 25.3 Å². The average molecular weight is 318 g/mol. The number of carbonyl (C=O) groups excluding carboxylic acids is 2. The Morgan fingerprint density at radius 3 is 1.55 bits per heavy atom. The third kappa shape index (κ3) is 18.3. The summed E-state index contributed by atoms with van der Waals surface area (Å²) in [7, 11) is 0. The number of carbonyl (C=O) groups is 2. The molecule has 132 valence electrons. The van der Waals surface area contributed by atoms with E-state index in [1.54, 1.807) is 0 Å². The zero-order valence-corrected chi connectivity index (χ0v) is 13.9. The Hall–Kier alpha value is -1.66.